The van der Waals surface area contributed by atoms with Gasteiger partial charge in [-0.15, -0.1) is 17.9 Å². The number of aliphatic hydroxyl groups excluding tert-OH is 1. The second-order valence-corrected chi connectivity index (χ2v) is 20.6. The van der Waals surface area contributed by atoms with Crippen LogP contribution in [0.15, 0.2) is 67.3 Å². The molecule has 3 aromatic rings. The summed E-state index contributed by atoms with van der Waals surface area (Å²) in [5, 5.41) is 12.5. The number of ketones is 1. The van der Waals surface area contributed by atoms with Gasteiger partial charge in [0.15, 0.2) is 0 Å². The molecule has 2 fully saturated rings. The molecule has 68 heavy (non-hydrogen) atoms. The van der Waals surface area contributed by atoms with Crippen molar-refractivity contribution in [1.82, 2.24) is 9.88 Å². The maximum Gasteiger partial charge on any atom is 0.508 e. The predicted octanol–water partition coefficient (Wildman–Crippen LogP) is 10.2. The molecule has 3 aliphatic rings. The number of aromatic nitrogens is 1. The number of benzene rings is 2. The number of epoxide rings is 1. The molecular weight excluding hydrogens is 889 g/mol. The summed E-state index contributed by atoms with van der Waals surface area (Å²) in [6.07, 6.45) is 9.86. The van der Waals surface area contributed by atoms with Crippen molar-refractivity contribution in [2.75, 3.05) is 6.54 Å². The van der Waals surface area contributed by atoms with E-state index >= 15 is 0 Å². The zero-order valence-electron chi connectivity index (χ0n) is 40.2. The maximum atomic E-state index is 14.5. The first-order valence-electron chi connectivity index (χ1n) is 24.2. The van der Waals surface area contributed by atoms with E-state index in [4.69, 9.17) is 23.7 Å². The van der Waals surface area contributed by atoms with Crippen molar-refractivity contribution < 1.29 is 57.6 Å². The summed E-state index contributed by atoms with van der Waals surface area (Å²) < 4.78 is 30.4. The van der Waals surface area contributed by atoms with E-state index in [1.807, 2.05) is 39.0 Å². The van der Waals surface area contributed by atoms with E-state index in [1.54, 1.807) is 55.5 Å². The second kappa shape index (κ2) is 23.9. The number of thiazole rings is 1. The number of hydrogen-bond acceptors (Lipinski definition) is 14. The number of aliphatic hydroxyl groups is 1. The number of aryl methyl sites for hydroxylation is 1. The van der Waals surface area contributed by atoms with Gasteiger partial charge in [-0.3, -0.25) is 28.9 Å². The van der Waals surface area contributed by atoms with Crippen molar-refractivity contribution >= 4 is 57.2 Å². The molecule has 14 nitrogen and oxygen atoms in total. The number of esters is 2. The topological polar surface area (TPSA) is 188 Å². The Balaban J connectivity index is 1.02. The van der Waals surface area contributed by atoms with Crippen molar-refractivity contribution in [3.8, 4) is 5.75 Å². The van der Waals surface area contributed by atoms with Gasteiger partial charge in [0.05, 0.1) is 44.9 Å². The molecule has 0 aliphatic carbocycles. The van der Waals surface area contributed by atoms with E-state index in [2.05, 4.69) is 11.6 Å². The summed E-state index contributed by atoms with van der Waals surface area (Å²) in [7, 11) is 0. The summed E-state index contributed by atoms with van der Waals surface area (Å²) in [5.41, 5.74) is 0.228. The second-order valence-electron chi connectivity index (χ2n) is 19.4. The van der Waals surface area contributed by atoms with E-state index in [0.717, 1.165) is 78.6 Å². The summed E-state index contributed by atoms with van der Waals surface area (Å²) in [4.78, 5) is 83.8. The summed E-state index contributed by atoms with van der Waals surface area (Å²) in [6.45, 7) is 13.2. The minimum atomic E-state index is -1.47. The number of cyclic esters (lactones) is 1. The third kappa shape index (κ3) is 14.2. The molecule has 0 saturated carbocycles. The van der Waals surface area contributed by atoms with Crippen molar-refractivity contribution in [3.05, 3.63) is 83.4 Å². The number of ether oxygens (including phenoxy) is 5. The molecule has 0 radical (unpaired) electrons. The Morgan fingerprint density at radius 3 is 2.32 bits per heavy atom. The number of imide groups is 1. The molecule has 7 unspecified atom stereocenters. The number of allylic oxidation sites excluding steroid dienone is 1. The Hall–Kier alpha value is -5.25. The van der Waals surface area contributed by atoms with Crippen LogP contribution < -0.4 is 4.74 Å². The fourth-order valence-corrected chi connectivity index (χ4v) is 10.1. The SMILES string of the molecule is C=CCC1C(=O)C(C)(C)C(OC(=O)OCc2ccc(OC(=O)CCCCCCCCCCN3C(=O)C=CC3=O)cc2)CC(=O)OC(c2ccc3sc(C)nc3c2)CC2OC2(C)CCCC(C)C1O. The average molecular weight is 957 g/mol. The van der Waals surface area contributed by atoms with E-state index in [1.165, 1.54) is 17.1 Å². The van der Waals surface area contributed by atoms with Gasteiger partial charge in [-0.1, -0.05) is 76.1 Å². The fourth-order valence-electron chi connectivity index (χ4n) is 9.26. The third-order valence-corrected chi connectivity index (χ3v) is 14.6. The molecule has 1 aromatic heterocycles. The maximum absolute atomic E-state index is 14.5. The first-order valence-corrected chi connectivity index (χ1v) is 25.0. The number of rotatable bonds is 18. The van der Waals surface area contributed by atoms with Gasteiger partial charge < -0.3 is 28.8 Å². The van der Waals surface area contributed by atoms with Gasteiger partial charge in [-0.25, -0.2) is 9.78 Å². The highest BCUT2D eigenvalue weighted by Gasteiger charge is 2.53. The first kappa shape index (κ1) is 52.1. The van der Waals surface area contributed by atoms with Gasteiger partial charge in [-0.05, 0) is 101 Å². The number of fused-ring (bicyclic) bond motifs is 2. The predicted molar refractivity (Wildman–Crippen MR) is 256 cm³/mol. The van der Waals surface area contributed by atoms with Crippen molar-refractivity contribution in [2.24, 2.45) is 17.3 Å². The number of hydrogen-bond donors (Lipinski definition) is 1. The van der Waals surface area contributed by atoms with Crippen LogP contribution in [0.2, 0.25) is 0 Å². The molecule has 0 spiro atoms. The molecule has 2 aromatic carbocycles. The molecular formula is C53H68N2O12S. The average Bonchev–Trinajstić information content (AvgIpc) is 3.58. The lowest BCUT2D eigenvalue weighted by atomic mass is 9.71. The molecule has 2 amide bonds. The van der Waals surface area contributed by atoms with E-state index in [9.17, 15) is 33.9 Å². The molecule has 6 rings (SSSR count). The minimum Gasteiger partial charge on any atom is -0.457 e. The standard InChI is InChI=1S/C53H68N2O12S/c1-7-17-39-49(60)34(2)18-16-28-53(6)44(67-53)31-41(37-22-25-42-40(30-37)54-35(3)68-42)65-48(59)32-43(52(4,5)50(39)61)66-51(62)63-33-36-20-23-38(24-21-36)64-47(58)19-14-12-10-8-9-11-13-15-29-55-45(56)26-27-46(55)57/h7,20-27,30,34,39,41,43-44,49,60H,1,8-19,28-29,31-33H2,2-6H3. The normalized spacial score (nSPS) is 25.5. The van der Waals surface area contributed by atoms with Crippen LogP contribution in [0.25, 0.3) is 10.2 Å². The van der Waals surface area contributed by atoms with Crippen LogP contribution in [-0.2, 0) is 49.5 Å². The van der Waals surface area contributed by atoms with Crippen LogP contribution in [0.1, 0.15) is 146 Å². The quantitative estimate of drug-likeness (QED) is 0.0317. The summed E-state index contributed by atoms with van der Waals surface area (Å²) in [5.74, 6) is -2.66. The lowest BCUT2D eigenvalue weighted by molar-refractivity contribution is -0.157. The third-order valence-electron chi connectivity index (χ3n) is 13.7. The molecule has 368 valence electrons. The number of carbonyl (C=O) groups is 6. The molecule has 2 saturated heterocycles. The number of Topliss-reactive ketones (excluding diaryl/α,β-unsaturated/α-hetero) is 1. The van der Waals surface area contributed by atoms with Crippen LogP contribution in [0.3, 0.4) is 0 Å². The molecule has 1 N–H and O–H groups in total. The zero-order valence-corrected chi connectivity index (χ0v) is 41.0. The Labute approximate surface area is 403 Å². The van der Waals surface area contributed by atoms with Gasteiger partial charge in [0.2, 0.25) is 0 Å². The van der Waals surface area contributed by atoms with E-state index in [-0.39, 0.29) is 55.0 Å². The Morgan fingerprint density at radius 2 is 1.63 bits per heavy atom. The monoisotopic (exact) mass is 956 g/mol. The number of amides is 2. The minimum absolute atomic E-state index is 0.181. The molecule has 15 heteroatoms. The van der Waals surface area contributed by atoms with Gasteiger partial charge in [0.25, 0.3) is 11.8 Å². The Morgan fingerprint density at radius 1 is 0.956 bits per heavy atom. The Bertz CT molecular complexity index is 2290. The number of nitrogens with zero attached hydrogens (tertiary/aromatic N) is 2. The number of unbranched alkanes of at least 4 members (excludes halogenated alkanes) is 7. The smallest absolute Gasteiger partial charge is 0.457 e. The highest BCUT2D eigenvalue weighted by atomic mass is 32.1. The molecule has 0 bridgehead atoms. The van der Waals surface area contributed by atoms with Crippen molar-refractivity contribution in [1.29, 1.82) is 0 Å². The largest absolute Gasteiger partial charge is 0.508 e. The van der Waals surface area contributed by atoms with Crippen molar-refractivity contribution in [2.45, 2.75) is 168 Å². The van der Waals surface area contributed by atoms with Gasteiger partial charge in [-0.2, -0.15) is 0 Å². The summed E-state index contributed by atoms with van der Waals surface area (Å²) >= 11 is 1.58. The zero-order chi connectivity index (χ0) is 49.0. The van der Waals surface area contributed by atoms with Gasteiger partial charge >= 0.3 is 18.1 Å². The van der Waals surface area contributed by atoms with Crippen molar-refractivity contribution in [3.63, 3.8) is 0 Å². The molecule has 4 heterocycles. The van der Waals surface area contributed by atoms with Crippen LogP contribution >= 0.6 is 11.3 Å². The van der Waals surface area contributed by atoms with E-state index < -0.39 is 53.8 Å². The molecule has 3 aliphatic heterocycles. The summed E-state index contributed by atoms with van der Waals surface area (Å²) in [6, 6.07) is 12.4. The van der Waals surface area contributed by atoms with Crippen LogP contribution in [0.5, 0.6) is 5.75 Å². The highest BCUT2D eigenvalue weighted by molar-refractivity contribution is 7.18. The van der Waals surface area contributed by atoms with Crippen LogP contribution in [0, 0.1) is 24.2 Å². The lowest BCUT2D eigenvalue weighted by Crippen LogP contribution is -2.48. The van der Waals surface area contributed by atoms with Gasteiger partial charge in [0, 0.05) is 37.5 Å². The molecule has 7 atom stereocenters. The highest BCUT2D eigenvalue weighted by Crippen LogP contribution is 2.47. The van der Waals surface area contributed by atoms with Crippen LogP contribution in [0.4, 0.5) is 4.79 Å². The van der Waals surface area contributed by atoms with Crippen LogP contribution in [-0.4, -0.2) is 81.1 Å². The fraction of sp³-hybridized carbons (Fsp3) is 0.566. The Kier molecular flexibility index (Phi) is 18.3. The van der Waals surface area contributed by atoms with E-state index in [0.29, 0.717) is 37.1 Å². The van der Waals surface area contributed by atoms with Gasteiger partial charge in [0.1, 0.15) is 30.3 Å². The first-order chi connectivity index (χ1) is 32.5. The lowest BCUT2D eigenvalue weighted by Gasteiger charge is -2.37. The number of carbonyl (C=O) groups excluding carboxylic acids is 6.